The van der Waals surface area contributed by atoms with Gasteiger partial charge in [0.25, 0.3) is 0 Å². The Bertz CT molecular complexity index is 415. The van der Waals surface area contributed by atoms with Crippen LogP contribution in [0, 0.1) is 0 Å². The fourth-order valence-corrected chi connectivity index (χ4v) is 2.25. The third-order valence-electron chi connectivity index (χ3n) is 3.54. The van der Waals surface area contributed by atoms with Crippen LogP contribution in [0.25, 0.3) is 0 Å². The minimum absolute atomic E-state index is 0.181. The maximum atomic E-state index is 10.7. The maximum Gasteiger partial charge on any atom is 0.209 e. The molecule has 0 atom stereocenters. The average Bonchev–Trinajstić information content (AvgIpc) is 2.38. The molecule has 0 N–H and O–H groups in total. The molecule has 1 aliphatic rings. The molecule has 0 aromatic heterocycles. The normalized spacial score (nSPS) is 16.8. The Labute approximate surface area is 109 Å². The number of carbonyl (C=O) groups is 1. The van der Waals surface area contributed by atoms with E-state index in [0.717, 1.165) is 32.6 Å². The van der Waals surface area contributed by atoms with Crippen molar-refractivity contribution in [2.45, 2.75) is 26.2 Å². The summed E-state index contributed by atoms with van der Waals surface area (Å²) < 4.78 is 0. The highest BCUT2D eigenvalue weighted by Gasteiger charge is 2.18. The first-order chi connectivity index (χ1) is 8.50. The van der Waals surface area contributed by atoms with E-state index in [1.807, 2.05) is 4.90 Å². The van der Waals surface area contributed by atoms with Crippen molar-refractivity contribution in [3.05, 3.63) is 29.8 Å². The predicted octanol–water partition coefficient (Wildman–Crippen LogP) is 2.26. The Hall–Kier alpha value is -1.51. The van der Waals surface area contributed by atoms with E-state index in [2.05, 4.69) is 49.9 Å². The SMILES string of the molecule is CC(C)(C)c1cccc(N2CCN(C=O)CC2)c1. The van der Waals surface area contributed by atoms with Crippen LogP contribution in [0.1, 0.15) is 26.3 Å². The minimum Gasteiger partial charge on any atom is -0.368 e. The largest absolute Gasteiger partial charge is 0.368 e. The molecule has 0 unspecified atom stereocenters. The second-order valence-electron chi connectivity index (χ2n) is 5.93. The number of carbonyl (C=O) groups excluding carboxylic acids is 1. The van der Waals surface area contributed by atoms with Gasteiger partial charge in [-0.25, -0.2) is 0 Å². The van der Waals surface area contributed by atoms with E-state index in [0.29, 0.717) is 0 Å². The molecule has 1 aromatic carbocycles. The lowest BCUT2D eigenvalue weighted by Gasteiger charge is -2.34. The number of hydrogen-bond donors (Lipinski definition) is 0. The van der Waals surface area contributed by atoms with Gasteiger partial charge in [0, 0.05) is 31.9 Å². The quantitative estimate of drug-likeness (QED) is 0.747. The Kier molecular flexibility index (Phi) is 3.60. The van der Waals surface area contributed by atoms with Crippen molar-refractivity contribution in [3.63, 3.8) is 0 Å². The van der Waals surface area contributed by atoms with Crippen molar-refractivity contribution in [2.24, 2.45) is 0 Å². The standard InChI is InChI=1S/C15H22N2O/c1-15(2,3)13-5-4-6-14(11-13)17-9-7-16(12-18)8-10-17/h4-6,11-12H,7-10H2,1-3H3. The predicted molar refractivity (Wildman–Crippen MR) is 75.0 cm³/mol. The van der Waals surface area contributed by atoms with Crippen LogP contribution in [0.3, 0.4) is 0 Å². The van der Waals surface area contributed by atoms with Gasteiger partial charge in [-0.3, -0.25) is 4.79 Å². The molecule has 0 aliphatic carbocycles. The molecule has 0 bridgehead atoms. The second-order valence-corrected chi connectivity index (χ2v) is 5.93. The van der Waals surface area contributed by atoms with Crippen LogP contribution >= 0.6 is 0 Å². The number of anilines is 1. The lowest BCUT2D eigenvalue weighted by atomic mass is 9.87. The summed E-state index contributed by atoms with van der Waals surface area (Å²) in [6, 6.07) is 8.75. The lowest BCUT2D eigenvalue weighted by molar-refractivity contribution is -0.118. The molecule has 0 radical (unpaired) electrons. The zero-order chi connectivity index (χ0) is 13.2. The van der Waals surface area contributed by atoms with E-state index in [4.69, 9.17) is 0 Å². The zero-order valence-corrected chi connectivity index (χ0v) is 11.5. The second kappa shape index (κ2) is 5.01. The van der Waals surface area contributed by atoms with E-state index in [1.54, 1.807) is 0 Å². The topological polar surface area (TPSA) is 23.6 Å². The van der Waals surface area contributed by atoms with E-state index in [-0.39, 0.29) is 5.41 Å². The molecule has 1 aliphatic heterocycles. The molecule has 3 nitrogen and oxygen atoms in total. The molecule has 1 amide bonds. The lowest BCUT2D eigenvalue weighted by Crippen LogP contribution is -2.45. The number of benzene rings is 1. The van der Waals surface area contributed by atoms with E-state index >= 15 is 0 Å². The molecule has 1 fully saturated rings. The first-order valence-corrected chi connectivity index (χ1v) is 6.55. The molecular weight excluding hydrogens is 224 g/mol. The van der Waals surface area contributed by atoms with Crippen LogP contribution in [0.2, 0.25) is 0 Å². The highest BCUT2D eigenvalue weighted by molar-refractivity contribution is 5.52. The Balaban J connectivity index is 2.12. The highest BCUT2D eigenvalue weighted by atomic mass is 16.1. The summed E-state index contributed by atoms with van der Waals surface area (Å²) >= 11 is 0. The molecule has 18 heavy (non-hydrogen) atoms. The monoisotopic (exact) mass is 246 g/mol. The minimum atomic E-state index is 0.181. The average molecular weight is 246 g/mol. The molecule has 1 saturated heterocycles. The van der Waals surface area contributed by atoms with Crippen molar-refractivity contribution >= 4 is 12.1 Å². The zero-order valence-electron chi connectivity index (χ0n) is 11.5. The van der Waals surface area contributed by atoms with Crippen LogP contribution in [0.4, 0.5) is 5.69 Å². The molecule has 3 heteroatoms. The number of rotatable bonds is 2. The van der Waals surface area contributed by atoms with Crippen molar-refractivity contribution < 1.29 is 4.79 Å². The van der Waals surface area contributed by atoms with Gasteiger partial charge >= 0.3 is 0 Å². The summed E-state index contributed by atoms with van der Waals surface area (Å²) in [5, 5.41) is 0. The Morgan fingerprint density at radius 1 is 1.11 bits per heavy atom. The maximum absolute atomic E-state index is 10.7. The van der Waals surface area contributed by atoms with Crippen LogP contribution in [0.15, 0.2) is 24.3 Å². The molecule has 1 aromatic rings. The van der Waals surface area contributed by atoms with Crippen LogP contribution in [0.5, 0.6) is 0 Å². The highest BCUT2D eigenvalue weighted by Crippen LogP contribution is 2.26. The fraction of sp³-hybridized carbons (Fsp3) is 0.533. The summed E-state index contributed by atoms with van der Waals surface area (Å²) in [7, 11) is 0. The van der Waals surface area contributed by atoms with Crippen LogP contribution < -0.4 is 4.90 Å². The summed E-state index contributed by atoms with van der Waals surface area (Å²) in [5.74, 6) is 0. The number of amides is 1. The van der Waals surface area contributed by atoms with Gasteiger partial charge in [-0.15, -0.1) is 0 Å². The molecule has 98 valence electrons. The summed E-state index contributed by atoms with van der Waals surface area (Å²) in [5.41, 5.74) is 2.81. The van der Waals surface area contributed by atoms with Crippen molar-refractivity contribution in [1.82, 2.24) is 4.90 Å². The summed E-state index contributed by atoms with van der Waals surface area (Å²) in [4.78, 5) is 14.9. The molecular formula is C15H22N2O. The molecule has 2 rings (SSSR count). The van der Waals surface area contributed by atoms with Gasteiger partial charge in [0.15, 0.2) is 0 Å². The third kappa shape index (κ3) is 2.84. The Morgan fingerprint density at radius 2 is 1.78 bits per heavy atom. The first-order valence-electron chi connectivity index (χ1n) is 6.55. The van der Waals surface area contributed by atoms with Gasteiger partial charge in [0.2, 0.25) is 6.41 Å². The van der Waals surface area contributed by atoms with Crippen LogP contribution in [-0.4, -0.2) is 37.5 Å². The van der Waals surface area contributed by atoms with Crippen LogP contribution in [-0.2, 0) is 10.2 Å². The summed E-state index contributed by atoms with van der Waals surface area (Å²) in [6.45, 7) is 10.2. The molecule has 0 saturated carbocycles. The van der Waals surface area contributed by atoms with E-state index in [9.17, 15) is 4.79 Å². The molecule has 1 heterocycles. The summed E-state index contributed by atoms with van der Waals surface area (Å²) in [6.07, 6.45) is 0.947. The fourth-order valence-electron chi connectivity index (χ4n) is 2.25. The number of nitrogens with zero attached hydrogens (tertiary/aromatic N) is 2. The molecule has 0 spiro atoms. The number of piperazine rings is 1. The van der Waals surface area contributed by atoms with Gasteiger partial charge in [-0.2, -0.15) is 0 Å². The first kappa shape index (κ1) is 12.9. The third-order valence-corrected chi connectivity index (χ3v) is 3.54. The number of hydrogen-bond acceptors (Lipinski definition) is 2. The van der Waals surface area contributed by atoms with E-state index in [1.165, 1.54) is 11.3 Å². The van der Waals surface area contributed by atoms with Gasteiger partial charge in [-0.1, -0.05) is 32.9 Å². The van der Waals surface area contributed by atoms with Crippen molar-refractivity contribution in [2.75, 3.05) is 31.1 Å². The van der Waals surface area contributed by atoms with Crippen molar-refractivity contribution in [3.8, 4) is 0 Å². The smallest absolute Gasteiger partial charge is 0.209 e. The van der Waals surface area contributed by atoms with Crippen molar-refractivity contribution in [1.29, 1.82) is 0 Å². The van der Waals surface area contributed by atoms with Gasteiger partial charge in [0.1, 0.15) is 0 Å². The Morgan fingerprint density at radius 3 is 2.33 bits per heavy atom. The van der Waals surface area contributed by atoms with Gasteiger partial charge in [0.05, 0.1) is 0 Å². The van der Waals surface area contributed by atoms with E-state index < -0.39 is 0 Å². The van der Waals surface area contributed by atoms with Gasteiger partial charge in [-0.05, 0) is 23.1 Å². The van der Waals surface area contributed by atoms with Gasteiger partial charge < -0.3 is 9.80 Å².